The maximum absolute atomic E-state index is 14.7. The van der Waals surface area contributed by atoms with Crippen LogP contribution in [0, 0.1) is 27.9 Å². The number of nitro benzene ring substituents is 1. The fourth-order valence-electron chi connectivity index (χ4n) is 8.69. The molecule has 6 atom stereocenters. The molecule has 2 aliphatic carbocycles. The Labute approximate surface area is 362 Å². The number of hydrogen-bond donors (Lipinski definition) is 4. The molecule has 1 fully saturated rings. The first-order valence-electron chi connectivity index (χ1n) is 21.4. The Morgan fingerprint density at radius 2 is 1.73 bits per heavy atom. The topological polar surface area (TPSA) is 221 Å². The van der Waals surface area contributed by atoms with Crippen LogP contribution in [-0.2, 0) is 14.3 Å². The molecule has 2 aromatic rings. The number of rotatable bonds is 22. The molecule has 5 rings (SSSR count). The molecule has 2 amide bonds. The van der Waals surface area contributed by atoms with Crippen LogP contribution in [0.1, 0.15) is 84.1 Å². The van der Waals surface area contributed by atoms with Gasteiger partial charge in [0, 0.05) is 56.3 Å². The van der Waals surface area contributed by atoms with E-state index in [1.807, 2.05) is 26.8 Å². The van der Waals surface area contributed by atoms with Crippen LogP contribution in [0.3, 0.4) is 0 Å². The van der Waals surface area contributed by atoms with Gasteiger partial charge in [-0.3, -0.25) is 15.0 Å². The number of ether oxygens (including phenoxy) is 5. The number of nitrogens with one attached hydrogen (secondary N) is 1. The summed E-state index contributed by atoms with van der Waals surface area (Å²) in [6.45, 7) is 11.5. The Balaban J connectivity index is 1.78. The van der Waals surface area contributed by atoms with E-state index in [2.05, 4.69) is 18.0 Å². The zero-order chi connectivity index (χ0) is 44.9. The second-order valence-corrected chi connectivity index (χ2v) is 16.5. The molecule has 0 spiro atoms. The molecule has 0 bridgehead atoms. The van der Waals surface area contributed by atoms with Crippen LogP contribution in [0.2, 0.25) is 0 Å². The zero-order valence-corrected chi connectivity index (χ0v) is 36.2. The van der Waals surface area contributed by atoms with E-state index in [0.717, 1.165) is 24.0 Å². The molecule has 4 N–H and O–H groups in total. The van der Waals surface area contributed by atoms with E-state index in [9.17, 15) is 35.0 Å². The van der Waals surface area contributed by atoms with Crippen molar-refractivity contribution in [3.63, 3.8) is 0 Å². The van der Waals surface area contributed by atoms with Gasteiger partial charge in [0.2, 0.25) is 5.79 Å². The summed E-state index contributed by atoms with van der Waals surface area (Å²) in [5.41, 5.74) is 1.22. The first-order valence-corrected chi connectivity index (χ1v) is 21.4. The van der Waals surface area contributed by atoms with Gasteiger partial charge in [0.15, 0.2) is 0 Å². The summed E-state index contributed by atoms with van der Waals surface area (Å²) < 4.78 is 31.6. The van der Waals surface area contributed by atoms with Gasteiger partial charge in [-0.05, 0) is 101 Å². The molecule has 3 aliphatic rings. The van der Waals surface area contributed by atoms with Crippen molar-refractivity contribution in [2.45, 2.75) is 96.0 Å². The number of carbonyl (C=O) groups is 2. The number of carbonyl (C=O) groups excluding carboxylic acids is 2. The molecule has 0 aromatic heterocycles. The van der Waals surface area contributed by atoms with Gasteiger partial charge in [0.1, 0.15) is 28.9 Å². The Morgan fingerprint density at radius 3 is 2.37 bits per heavy atom. The molecule has 2 aromatic carbocycles. The van der Waals surface area contributed by atoms with Crippen molar-refractivity contribution < 1.29 is 58.4 Å². The Hall–Kier alpha value is -5.07. The van der Waals surface area contributed by atoms with Crippen molar-refractivity contribution in [3.8, 4) is 17.2 Å². The molecule has 340 valence electrons. The summed E-state index contributed by atoms with van der Waals surface area (Å²) in [5, 5.41) is 48.2. The van der Waals surface area contributed by atoms with E-state index in [0.29, 0.717) is 49.4 Å². The zero-order valence-electron chi connectivity index (χ0n) is 36.2. The number of non-ortho nitro benzene ring substituents is 1. The summed E-state index contributed by atoms with van der Waals surface area (Å²) in [6, 6.07) is 9.36. The standard InChI is InChI=1S/C45H62N4O13/c1-6-24-58-45-39(48(20-25-57-26-23-52)43(54)60-32-16-14-31(15-17-32)49(55)56)29-37(47-62-44(3,4)5)35-27-30(12-8-10-21-50)34(13-9-11-22-51)40(41(35)45)36-28-33(18-19-38(36)61-45)59-42(53)46-7-2/h6,14-19,27-28,30,34,39-41,50-52H,1,7-13,20-26,29H2,2-5H3,(H,46,53)/t30-,34+,39-,40+,41+,45+/m0/s1. The third-order valence-electron chi connectivity index (χ3n) is 11.2. The Kier molecular flexibility index (Phi) is 17.3. The molecule has 0 saturated heterocycles. The number of amides is 2. The fraction of sp³-hybridized carbons (Fsp3) is 0.578. The summed E-state index contributed by atoms with van der Waals surface area (Å²) in [5.74, 6) is -2.05. The minimum absolute atomic E-state index is 0.00699. The quantitative estimate of drug-likeness (QED) is 0.0422. The van der Waals surface area contributed by atoms with Crippen molar-refractivity contribution in [2.24, 2.45) is 22.9 Å². The normalized spacial score (nSPS) is 23.2. The number of aliphatic hydroxyl groups excluding tert-OH is 3. The van der Waals surface area contributed by atoms with Crippen LogP contribution < -0.4 is 19.5 Å². The van der Waals surface area contributed by atoms with E-state index >= 15 is 0 Å². The highest BCUT2D eigenvalue weighted by Crippen LogP contribution is 2.62. The average Bonchev–Trinajstić information content (AvgIpc) is 3.23. The number of nitrogens with zero attached hydrogens (tertiary/aromatic N) is 3. The number of aliphatic hydroxyl groups is 3. The lowest BCUT2D eigenvalue weighted by Crippen LogP contribution is -2.70. The molecular formula is C45H62N4O13. The minimum Gasteiger partial charge on any atom is -0.459 e. The lowest BCUT2D eigenvalue weighted by atomic mass is 9.55. The SMILES string of the molecule is C=CCO[C@@]12Oc3ccc(OC(=O)NCC)cc3[C@H]3[C@H](CCCCO)[C@@H](CCCCO)C=C(C(=NOC(C)(C)C)C[C@@H]1N(CCOCCO)C(=O)Oc1ccc([N+](=O)[O-])cc1)[C@H]32. The summed E-state index contributed by atoms with van der Waals surface area (Å²) in [4.78, 5) is 45.9. The van der Waals surface area contributed by atoms with E-state index in [-0.39, 0.29) is 75.9 Å². The predicted octanol–water partition coefficient (Wildman–Crippen LogP) is 6.65. The van der Waals surface area contributed by atoms with Gasteiger partial charge >= 0.3 is 12.2 Å². The third-order valence-corrected chi connectivity index (χ3v) is 11.2. The number of fused-ring (bicyclic) bond motifs is 2. The summed E-state index contributed by atoms with van der Waals surface area (Å²) in [7, 11) is 0. The largest absolute Gasteiger partial charge is 0.459 e. The molecule has 62 heavy (non-hydrogen) atoms. The highest BCUT2D eigenvalue weighted by molar-refractivity contribution is 6.03. The van der Waals surface area contributed by atoms with Gasteiger partial charge in [-0.25, -0.2) is 9.59 Å². The van der Waals surface area contributed by atoms with Crippen LogP contribution >= 0.6 is 0 Å². The van der Waals surface area contributed by atoms with Gasteiger partial charge in [0.05, 0.1) is 43.0 Å². The van der Waals surface area contributed by atoms with E-state index in [1.54, 1.807) is 25.1 Å². The first kappa shape index (κ1) is 48.0. The van der Waals surface area contributed by atoms with Crippen LogP contribution in [0.5, 0.6) is 17.2 Å². The highest BCUT2D eigenvalue weighted by atomic mass is 16.7. The molecule has 0 radical (unpaired) electrons. The second kappa shape index (κ2) is 22.3. The minimum atomic E-state index is -1.64. The van der Waals surface area contributed by atoms with Crippen molar-refractivity contribution in [3.05, 3.63) is 82.4 Å². The number of nitro groups is 1. The molecular weight excluding hydrogens is 805 g/mol. The lowest BCUT2D eigenvalue weighted by Gasteiger charge is -2.59. The molecule has 17 nitrogen and oxygen atoms in total. The van der Waals surface area contributed by atoms with Crippen LogP contribution in [0.15, 0.2) is 71.9 Å². The Morgan fingerprint density at radius 1 is 1.02 bits per heavy atom. The van der Waals surface area contributed by atoms with Crippen molar-refractivity contribution >= 4 is 23.6 Å². The summed E-state index contributed by atoms with van der Waals surface area (Å²) in [6.07, 6.45) is 6.46. The second-order valence-electron chi connectivity index (χ2n) is 16.5. The maximum atomic E-state index is 14.7. The van der Waals surface area contributed by atoms with Gasteiger partial charge in [-0.15, -0.1) is 6.58 Å². The smallest absolute Gasteiger partial charge is 0.415 e. The number of benzene rings is 2. The van der Waals surface area contributed by atoms with E-state index in [4.69, 9.17) is 33.7 Å². The number of hydrogen-bond acceptors (Lipinski definition) is 14. The van der Waals surface area contributed by atoms with Gasteiger partial charge in [-0.2, -0.15) is 0 Å². The van der Waals surface area contributed by atoms with Crippen molar-refractivity contribution in [1.29, 1.82) is 0 Å². The van der Waals surface area contributed by atoms with Crippen LogP contribution in [-0.4, -0.2) is 113 Å². The third kappa shape index (κ3) is 11.7. The maximum Gasteiger partial charge on any atom is 0.415 e. The van der Waals surface area contributed by atoms with E-state index in [1.165, 1.54) is 29.2 Å². The molecule has 0 unspecified atom stereocenters. The number of oxime groups is 1. The lowest BCUT2D eigenvalue weighted by molar-refractivity contribution is -0.384. The van der Waals surface area contributed by atoms with Crippen LogP contribution in [0.4, 0.5) is 15.3 Å². The Bertz CT molecular complexity index is 1900. The monoisotopic (exact) mass is 866 g/mol. The predicted molar refractivity (Wildman–Crippen MR) is 229 cm³/mol. The molecule has 1 heterocycles. The van der Waals surface area contributed by atoms with Crippen LogP contribution in [0.25, 0.3) is 0 Å². The molecule has 17 heteroatoms. The number of unbranched alkanes of at least 4 members (excludes halogenated alkanes) is 2. The molecule has 1 aliphatic heterocycles. The first-order chi connectivity index (χ1) is 29.8. The van der Waals surface area contributed by atoms with Crippen molar-refractivity contribution in [1.82, 2.24) is 10.2 Å². The molecule has 1 saturated carbocycles. The van der Waals surface area contributed by atoms with Gasteiger partial charge in [-0.1, -0.05) is 30.1 Å². The summed E-state index contributed by atoms with van der Waals surface area (Å²) >= 11 is 0. The average molecular weight is 867 g/mol. The van der Waals surface area contributed by atoms with E-state index < -0.39 is 46.4 Å². The number of allylic oxidation sites excluding steroid dienone is 1. The highest BCUT2D eigenvalue weighted by Gasteiger charge is 2.65. The fourth-order valence-corrected chi connectivity index (χ4v) is 8.69. The van der Waals surface area contributed by atoms with Gasteiger partial charge < -0.3 is 49.2 Å². The van der Waals surface area contributed by atoms with Gasteiger partial charge in [0.25, 0.3) is 5.69 Å². The van der Waals surface area contributed by atoms with Crippen molar-refractivity contribution in [2.75, 3.05) is 52.7 Å².